The van der Waals surface area contributed by atoms with Gasteiger partial charge in [0.15, 0.2) is 0 Å². The van der Waals surface area contributed by atoms with Gasteiger partial charge in [0.1, 0.15) is 5.82 Å². The highest BCUT2D eigenvalue weighted by molar-refractivity contribution is 5.80. The minimum absolute atomic E-state index is 0.247. The number of primary amides is 1. The summed E-state index contributed by atoms with van der Waals surface area (Å²) < 4.78 is 12.8. The predicted molar refractivity (Wildman–Crippen MR) is 49.9 cm³/mol. The Balaban J connectivity index is 2.27. The van der Waals surface area contributed by atoms with Crippen LogP contribution in [0.5, 0.6) is 0 Å². The minimum atomic E-state index is -0.361. The van der Waals surface area contributed by atoms with Gasteiger partial charge in [0, 0.05) is 6.54 Å². The SMILES string of the molecule is NC(=O)C1Cc2ccc(F)cc2CN1. The normalized spacial score (nSPS) is 20.2. The Labute approximate surface area is 81.1 Å². The van der Waals surface area contributed by atoms with Crippen LogP contribution in [0, 0.1) is 5.82 Å². The van der Waals surface area contributed by atoms with Gasteiger partial charge in [-0.3, -0.25) is 4.79 Å². The first kappa shape index (κ1) is 9.15. The van der Waals surface area contributed by atoms with Crippen LogP contribution in [0.3, 0.4) is 0 Å². The number of hydrogen-bond acceptors (Lipinski definition) is 2. The number of benzene rings is 1. The molecule has 1 heterocycles. The van der Waals surface area contributed by atoms with E-state index in [0.29, 0.717) is 13.0 Å². The second-order valence-electron chi connectivity index (χ2n) is 3.45. The lowest BCUT2D eigenvalue weighted by molar-refractivity contribution is -0.120. The summed E-state index contributed by atoms with van der Waals surface area (Å²) >= 11 is 0. The lowest BCUT2D eigenvalue weighted by atomic mass is 9.95. The molecule has 1 aliphatic rings. The topological polar surface area (TPSA) is 55.1 Å². The molecule has 4 heteroatoms. The van der Waals surface area contributed by atoms with Gasteiger partial charge in [-0.05, 0) is 29.7 Å². The zero-order valence-corrected chi connectivity index (χ0v) is 7.59. The molecule has 0 radical (unpaired) electrons. The molecule has 14 heavy (non-hydrogen) atoms. The van der Waals surface area contributed by atoms with Gasteiger partial charge in [0.25, 0.3) is 0 Å². The van der Waals surface area contributed by atoms with Gasteiger partial charge in [-0.1, -0.05) is 6.07 Å². The monoisotopic (exact) mass is 194 g/mol. The van der Waals surface area contributed by atoms with E-state index in [1.54, 1.807) is 6.07 Å². The first-order valence-corrected chi connectivity index (χ1v) is 4.47. The average Bonchev–Trinajstić information content (AvgIpc) is 2.16. The molecular formula is C10H11FN2O. The summed E-state index contributed by atoms with van der Waals surface area (Å²) in [7, 11) is 0. The zero-order chi connectivity index (χ0) is 10.1. The molecule has 0 spiro atoms. The Kier molecular flexibility index (Phi) is 2.21. The Morgan fingerprint density at radius 3 is 3.00 bits per heavy atom. The number of carbonyl (C=O) groups excluding carboxylic acids is 1. The van der Waals surface area contributed by atoms with Crippen molar-refractivity contribution in [2.75, 3.05) is 0 Å². The zero-order valence-electron chi connectivity index (χ0n) is 7.59. The van der Waals surface area contributed by atoms with Crippen LogP contribution in [0.1, 0.15) is 11.1 Å². The number of nitrogens with one attached hydrogen (secondary N) is 1. The summed E-state index contributed by atoms with van der Waals surface area (Å²) in [6, 6.07) is 4.27. The maximum Gasteiger partial charge on any atom is 0.234 e. The summed E-state index contributed by atoms with van der Waals surface area (Å²) in [6.45, 7) is 0.501. The molecule has 0 saturated heterocycles. The highest BCUT2D eigenvalue weighted by Crippen LogP contribution is 2.17. The highest BCUT2D eigenvalue weighted by atomic mass is 19.1. The number of halogens is 1. The van der Waals surface area contributed by atoms with Crippen LogP contribution in [0.2, 0.25) is 0 Å². The van der Waals surface area contributed by atoms with Crippen LogP contribution in [0.25, 0.3) is 0 Å². The van der Waals surface area contributed by atoms with Gasteiger partial charge in [-0.25, -0.2) is 4.39 Å². The van der Waals surface area contributed by atoms with E-state index in [-0.39, 0.29) is 17.8 Å². The number of rotatable bonds is 1. The maximum atomic E-state index is 12.8. The van der Waals surface area contributed by atoms with Crippen LogP contribution in [-0.4, -0.2) is 11.9 Å². The fourth-order valence-corrected chi connectivity index (χ4v) is 1.68. The molecule has 1 atom stereocenters. The van der Waals surface area contributed by atoms with E-state index in [2.05, 4.69) is 5.32 Å². The third-order valence-corrected chi connectivity index (χ3v) is 2.47. The number of fused-ring (bicyclic) bond motifs is 1. The third kappa shape index (κ3) is 1.61. The minimum Gasteiger partial charge on any atom is -0.368 e. The molecule has 0 fully saturated rings. The van der Waals surface area contributed by atoms with Gasteiger partial charge in [0.05, 0.1) is 6.04 Å². The van der Waals surface area contributed by atoms with Gasteiger partial charge in [-0.2, -0.15) is 0 Å². The van der Waals surface area contributed by atoms with Crippen LogP contribution in [0.15, 0.2) is 18.2 Å². The number of carbonyl (C=O) groups is 1. The van der Waals surface area contributed by atoms with Gasteiger partial charge in [0.2, 0.25) is 5.91 Å². The van der Waals surface area contributed by atoms with E-state index in [1.165, 1.54) is 12.1 Å². The lowest BCUT2D eigenvalue weighted by Gasteiger charge is -2.23. The second kappa shape index (κ2) is 3.38. The standard InChI is InChI=1S/C10H11FN2O/c11-8-2-1-6-4-9(10(12)14)13-5-7(6)3-8/h1-3,9,13H,4-5H2,(H2,12,14). The first-order valence-electron chi connectivity index (χ1n) is 4.47. The van der Waals surface area contributed by atoms with Crippen molar-refractivity contribution in [2.45, 2.75) is 19.0 Å². The quantitative estimate of drug-likeness (QED) is 0.676. The maximum absolute atomic E-state index is 12.8. The van der Waals surface area contributed by atoms with E-state index in [9.17, 15) is 9.18 Å². The van der Waals surface area contributed by atoms with Gasteiger partial charge in [-0.15, -0.1) is 0 Å². The highest BCUT2D eigenvalue weighted by Gasteiger charge is 2.21. The molecule has 1 unspecified atom stereocenters. The van der Waals surface area contributed by atoms with Gasteiger partial charge >= 0.3 is 0 Å². The second-order valence-corrected chi connectivity index (χ2v) is 3.45. The average molecular weight is 194 g/mol. The van der Waals surface area contributed by atoms with E-state index in [1.807, 2.05) is 0 Å². The molecule has 0 saturated carbocycles. The molecule has 1 aromatic rings. The first-order chi connectivity index (χ1) is 6.66. The van der Waals surface area contributed by atoms with Crippen molar-refractivity contribution in [3.05, 3.63) is 35.1 Å². The van der Waals surface area contributed by atoms with Crippen LogP contribution in [-0.2, 0) is 17.8 Å². The van der Waals surface area contributed by atoms with E-state index >= 15 is 0 Å². The number of amides is 1. The Morgan fingerprint density at radius 1 is 1.50 bits per heavy atom. The van der Waals surface area contributed by atoms with Crippen molar-refractivity contribution in [2.24, 2.45) is 5.73 Å². The molecule has 0 aliphatic carbocycles. The summed E-state index contributed by atoms with van der Waals surface area (Å²) in [5.74, 6) is -0.608. The van der Waals surface area contributed by atoms with Crippen LogP contribution < -0.4 is 11.1 Å². The van der Waals surface area contributed by atoms with Crippen molar-refractivity contribution in [3.63, 3.8) is 0 Å². The Hall–Kier alpha value is -1.42. The summed E-state index contributed by atoms with van der Waals surface area (Å²) in [5, 5.41) is 2.96. The molecule has 0 bridgehead atoms. The van der Waals surface area contributed by atoms with Crippen molar-refractivity contribution < 1.29 is 9.18 Å². The molecular weight excluding hydrogens is 183 g/mol. The third-order valence-electron chi connectivity index (χ3n) is 2.47. The number of nitrogens with two attached hydrogens (primary N) is 1. The molecule has 0 aromatic heterocycles. The fraction of sp³-hybridized carbons (Fsp3) is 0.300. The Bertz CT molecular complexity index is 378. The molecule has 1 amide bonds. The molecule has 3 N–H and O–H groups in total. The molecule has 74 valence electrons. The van der Waals surface area contributed by atoms with Crippen molar-refractivity contribution in [1.82, 2.24) is 5.32 Å². The largest absolute Gasteiger partial charge is 0.368 e. The van der Waals surface area contributed by atoms with E-state index in [4.69, 9.17) is 5.73 Å². The molecule has 1 aromatic carbocycles. The van der Waals surface area contributed by atoms with Crippen molar-refractivity contribution >= 4 is 5.91 Å². The Morgan fingerprint density at radius 2 is 2.29 bits per heavy atom. The van der Waals surface area contributed by atoms with Gasteiger partial charge < -0.3 is 11.1 Å². The molecule has 3 nitrogen and oxygen atoms in total. The van der Waals surface area contributed by atoms with Crippen LogP contribution >= 0.6 is 0 Å². The summed E-state index contributed by atoms with van der Waals surface area (Å²) in [6.07, 6.45) is 0.547. The lowest BCUT2D eigenvalue weighted by Crippen LogP contribution is -2.45. The molecule has 1 aliphatic heterocycles. The fourth-order valence-electron chi connectivity index (χ4n) is 1.68. The van der Waals surface area contributed by atoms with E-state index < -0.39 is 0 Å². The van der Waals surface area contributed by atoms with Crippen LogP contribution in [0.4, 0.5) is 4.39 Å². The smallest absolute Gasteiger partial charge is 0.234 e. The van der Waals surface area contributed by atoms with Crippen molar-refractivity contribution in [3.8, 4) is 0 Å². The number of hydrogen-bond donors (Lipinski definition) is 2. The predicted octanol–water partition coefficient (Wildman–Crippen LogP) is 0.325. The van der Waals surface area contributed by atoms with Crippen molar-refractivity contribution in [1.29, 1.82) is 0 Å². The summed E-state index contributed by atoms with van der Waals surface area (Å²) in [5.41, 5.74) is 7.08. The van der Waals surface area contributed by atoms with E-state index in [0.717, 1.165) is 11.1 Å². The molecule has 2 rings (SSSR count). The summed E-state index contributed by atoms with van der Waals surface area (Å²) in [4.78, 5) is 10.9.